The summed E-state index contributed by atoms with van der Waals surface area (Å²) in [6, 6.07) is 0. The van der Waals surface area contributed by atoms with Crippen molar-refractivity contribution in [1.29, 1.82) is 0 Å². The van der Waals surface area contributed by atoms with Gasteiger partial charge in [0.15, 0.2) is 5.78 Å². The van der Waals surface area contributed by atoms with Crippen molar-refractivity contribution in [2.45, 2.75) is 81.5 Å². The predicted molar refractivity (Wildman–Crippen MR) is 102 cm³/mol. The Hall–Kier alpha value is -0.530. The van der Waals surface area contributed by atoms with Crippen LogP contribution in [0, 0.1) is 28.6 Å². The number of hydrogen-bond acceptors (Lipinski definition) is 6. The van der Waals surface area contributed by atoms with Gasteiger partial charge in [-0.05, 0) is 49.9 Å². The number of fused-ring (bicyclic) bond motifs is 5. The first kappa shape index (κ1) is 20.7. The zero-order valence-electron chi connectivity index (χ0n) is 16.5. The molecule has 0 aromatic carbocycles. The van der Waals surface area contributed by atoms with E-state index in [-0.39, 0.29) is 49.2 Å². The van der Waals surface area contributed by atoms with Gasteiger partial charge in [-0.15, -0.1) is 11.6 Å². The molecule has 0 radical (unpaired) electrons. The number of hydrogen-bond donors (Lipinski definition) is 4. The van der Waals surface area contributed by atoms with Crippen molar-refractivity contribution >= 4 is 23.2 Å². The van der Waals surface area contributed by atoms with Crippen LogP contribution in [0.3, 0.4) is 0 Å². The highest BCUT2D eigenvalue weighted by Crippen LogP contribution is 2.70. The third-order valence-electron chi connectivity index (χ3n) is 9.33. The highest BCUT2D eigenvalue weighted by Gasteiger charge is 2.72. The maximum absolute atomic E-state index is 12.4. The van der Waals surface area contributed by atoms with Crippen LogP contribution in [-0.4, -0.2) is 61.3 Å². The Morgan fingerprint density at radius 1 is 1.21 bits per heavy atom. The number of carbonyl (C=O) groups is 2. The first-order valence-corrected chi connectivity index (χ1v) is 10.8. The topological polar surface area (TPSA) is 115 Å². The van der Waals surface area contributed by atoms with Crippen LogP contribution in [0.4, 0.5) is 0 Å². The van der Waals surface area contributed by atoms with E-state index in [9.17, 15) is 30.0 Å². The molecule has 0 aromatic heterocycles. The molecule has 0 saturated heterocycles. The van der Waals surface area contributed by atoms with E-state index in [4.69, 9.17) is 11.6 Å². The highest BCUT2D eigenvalue weighted by molar-refractivity contribution is 6.26. The minimum absolute atomic E-state index is 0.00556. The predicted octanol–water partition coefficient (Wildman–Crippen LogP) is 1.19. The van der Waals surface area contributed by atoms with Gasteiger partial charge in [0.05, 0.1) is 17.1 Å². The van der Waals surface area contributed by atoms with Crippen molar-refractivity contribution in [2.24, 2.45) is 28.6 Å². The minimum Gasteiger partial charge on any atom is -0.393 e. The Kier molecular flexibility index (Phi) is 4.62. The maximum atomic E-state index is 12.4. The summed E-state index contributed by atoms with van der Waals surface area (Å²) in [5, 5.41) is 42.8. The van der Waals surface area contributed by atoms with Crippen molar-refractivity contribution in [3.63, 3.8) is 0 Å². The lowest BCUT2D eigenvalue weighted by Gasteiger charge is -2.65. The maximum Gasteiger partial charge on any atom is 0.190 e. The van der Waals surface area contributed by atoms with E-state index in [1.807, 2.05) is 13.8 Å². The number of halogens is 1. The summed E-state index contributed by atoms with van der Waals surface area (Å²) in [5.41, 5.74) is -3.28. The highest BCUT2D eigenvalue weighted by atomic mass is 35.5. The van der Waals surface area contributed by atoms with E-state index in [0.29, 0.717) is 19.3 Å². The van der Waals surface area contributed by atoms with Crippen molar-refractivity contribution in [3.8, 4) is 0 Å². The Labute approximate surface area is 170 Å². The van der Waals surface area contributed by atoms with Gasteiger partial charge >= 0.3 is 0 Å². The number of alkyl halides is 1. The molecule has 0 spiro atoms. The standard InChI is InChI=1S/C21H31ClO6/c1-18-9-14(25)17-12(13(18)4-6-21(18,28)16(27)10-23)3-5-20(22)8-11(24)7-15(26)19(17,20)2/h12-15,17,23,25-26,28H,3-10H2,1-2H3/t12-,13-,14-,15?,17+,18-,19+,20?,21-/m0/s1. The molecule has 0 heterocycles. The van der Waals surface area contributed by atoms with Gasteiger partial charge in [0.2, 0.25) is 0 Å². The molecule has 9 atom stereocenters. The molecule has 4 saturated carbocycles. The van der Waals surface area contributed by atoms with Crippen molar-refractivity contribution < 1.29 is 30.0 Å². The lowest BCUT2D eigenvalue weighted by molar-refractivity contribution is -0.213. The van der Waals surface area contributed by atoms with E-state index in [2.05, 4.69) is 0 Å². The molecule has 4 rings (SSSR count). The summed E-state index contributed by atoms with van der Waals surface area (Å²) >= 11 is 6.97. The largest absolute Gasteiger partial charge is 0.393 e. The quantitative estimate of drug-likeness (QED) is 0.504. The third kappa shape index (κ3) is 2.30. The molecule has 4 N–H and O–H groups in total. The van der Waals surface area contributed by atoms with Crippen LogP contribution in [0.1, 0.15) is 58.8 Å². The molecule has 6 nitrogen and oxygen atoms in total. The molecular weight excluding hydrogens is 384 g/mol. The van der Waals surface area contributed by atoms with E-state index in [1.165, 1.54) is 0 Å². The van der Waals surface area contributed by atoms with Gasteiger partial charge in [-0.1, -0.05) is 13.8 Å². The van der Waals surface area contributed by atoms with Crippen molar-refractivity contribution in [1.82, 2.24) is 0 Å². The van der Waals surface area contributed by atoms with Gasteiger partial charge in [0.25, 0.3) is 0 Å². The summed E-state index contributed by atoms with van der Waals surface area (Å²) in [7, 11) is 0. The van der Waals surface area contributed by atoms with Crippen LogP contribution in [0.25, 0.3) is 0 Å². The number of aliphatic hydroxyl groups excluding tert-OH is 3. The van der Waals surface area contributed by atoms with Gasteiger partial charge in [0.1, 0.15) is 18.0 Å². The third-order valence-corrected chi connectivity index (χ3v) is 10.1. The van der Waals surface area contributed by atoms with Gasteiger partial charge in [-0.2, -0.15) is 0 Å². The lowest BCUT2D eigenvalue weighted by Crippen LogP contribution is -2.69. The summed E-state index contributed by atoms with van der Waals surface area (Å²) < 4.78 is 0. The molecule has 28 heavy (non-hydrogen) atoms. The average Bonchev–Trinajstić information content (AvgIpc) is 2.88. The zero-order valence-corrected chi connectivity index (χ0v) is 17.3. The van der Waals surface area contributed by atoms with E-state index >= 15 is 0 Å². The molecule has 4 aliphatic carbocycles. The molecule has 4 fully saturated rings. The fourth-order valence-electron chi connectivity index (χ4n) is 7.77. The van der Waals surface area contributed by atoms with E-state index in [1.54, 1.807) is 0 Å². The van der Waals surface area contributed by atoms with Gasteiger partial charge in [0, 0.05) is 23.7 Å². The number of aliphatic hydroxyl groups is 4. The van der Waals surface area contributed by atoms with Crippen molar-refractivity contribution in [2.75, 3.05) is 6.61 Å². The second-order valence-electron chi connectivity index (χ2n) is 10.2. The second-order valence-corrected chi connectivity index (χ2v) is 10.9. The number of carbonyl (C=O) groups excluding carboxylic acids is 2. The van der Waals surface area contributed by atoms with Gasteiger partial charge in [-0.3, -0.25) is 9.59 Å². The Morgan fingerprint density at radius 2 is 1.89 bits per heavy atom. The molecule has 7 heteroatoms. The molecule has 0 bridgehead atoms. The summed E-state index contributed by atoms with van der Waals surface area (Å²) in [6.45, 7) is 3.04. The fourth-order valence-corrected chi connectivity index (χ4v) is 8.28. The van der Waals surface area contributed by atoms with Crippen molar-refractivity contribution in [3.05, 3.63) is 0 Å². The molecule has 4 aliphatic rings. The van der Waals surface area contributed by atoms with Crippen LogP contribution in [-0.2, 0) is 9.59 Å². The van der Waals surface area contributed by atoms with Crippen LogP contribution >= 0.6 is 11.6 Å². The number of rotatable bonds is 2. The Balaban J connectivity index is 1.76. The van der Waals surface area contributed by atoms with Crippen LogP contribution in [0.5, 0.6) is 0 Å². The summed E-state index contributed by atoms with van der Waals surface area (Å²) in [5.74, 6) is -0.942. The zero-order chi connectivity index (χ0) is 20.7. The summed E-state index contributed by atoms with van der Waals surface area (Å²) in [4.78, 5) is 23.7. The van der Waals surface area contributed by atoms with Crippen LogP contribution in [0.2, 0.25) is 0 Å². The summed E-state index contributed by atoms with van der Waals surface area (Å²) in [6.07, 6.45) is 0.837. The Bertz CT molecular complexity index is 713. The number of ketones is 2. The van der Waals surface area contributed by atoms with E-state index < -0.39 is 45.9 Å². The molecule has 0 amide bonds. The molecule has 0 aliphatic heterocycles. The normalized spacial score (nSPS) is 56.0. The average molecular weight is 415 g/mol. The first-order chi connectivity index (χ1) is 12.9. The number of Topliss-reactive ketones (excluding diaryl/α,β-unsaturated/α-hetero) is 2. The van der Waals surface area contributed by atoms with Crippen LogP contribution in [0.15, 0.2) is 0 Å². The van der Waals surface area contributed by atoms with Crippen LogP contribution < -0.4 is 0 Å². The van der Waals surface area contributed by atoms with Gasteiger partial charge < -0.3 is 20.4 Å². The SMILES string of the molecule is C[C@]12C[C@H](O)[C@H]3[C@@H](CCC4(Cl)CC(=O)CC(O)[C@]34C)[C@@H]1CC[C@]2(O)C(=O)CO. The molecule has 2 unspecified atom stereocenters. The monoisotopic (exact) mass is 414 g/mol. The first-order valence-electron chi connectivity index (χ1n) is 10.4. The van der Waals surface area contributed by atoms with Gasteiger partial charge in [-0.25, -0.2) is 0 Å². The second kappa shape index (κ2) is 6.24. The lowest BCUT2D eigenvalue weighted by atomic mass is 9.42. The Morgan fingerprint density at radius 3 is 2.54 bits per heavy atom. The molecular formula is C21H31ClO6. The minimum atomic E-state index is -1.64. The van der Waals surface area contributed by atoms with E-state index in [0.717, 1.165) is 0 Å². The fraction of sp³-hybridized carbons (Fsp3) is 0.905. The molecule has 0 aromatic rings. The molecule has 158 valence electrons. The smallest absolute Gasteiger partial charge is 0.190 e.